The van der Waals surface area contributed by atoms with Crippen LogP contribution in [-0.4, -0.2) is 5.78 Å². The average molecular weight is 477 g/mol. The second-order valence-electron chi connectivity index (χ2n) is 14.1. The Hall–Kier alpha value is -1.11. The Morgan fingerprint density at radius 1 is 1.20 bits per heavy atom. The Balaban J connectivity index is 1.34. The molecule has 0 aliphatic heterocycles. The summed E-state index contributed by atoms with van der Waals surface area (Å²) in [6, 6.07) is 0. The van der Waals surface area contributed by atoms with E-state index in [0.29, 0.717) is 28.4 Å². The molecular formula is C34H52O. The van der Waals surface area contributed by atoms with E-state index in [9.17, 15) is 4.79 Å². The summed E-state index contributed by atoms with van der Waals surface area (Å²) in [5.74, 6) is 5.76. The van der Waals surface area contributed by atoms with Gasteiger partial charge < -0.3 is 0 Å². The van der Waals surface area contributed by atoms with Crippen molar-refractivity contribution in [3.63, 3.8) is 0 Å². The van der Waals surface area contributed by atoms with E-state index in [1.54, 1.807) is 5.57 Å². The van der Waals surface area contributed by atoms with Crippen LogP contribution >= 0.6 is 0 Å². The van der Waals surface area contributed by atoms with Crippen molar-refractivity contribution < 1.29 is 4.79 Å². The summed E-state index contributed by atoms with van der Waals surface area (Å²) in [5.41, 5.74) is 3.76. The van der Waals surface area contributed by atoms with Crippen molar-refractivity contribution in [1.82, 2.24) is 0 Å². The molecule has 0 aromatic rings. The van der Waals surface area contributed by atoms with Crippen molar-refractivity contribution in [3.8, 4) is 0 Å². The third kappa shape index (κ3) is 3.56. The molecule has 0 bridgehead atoms. The van der Waals surface area contributed by atoms with E-state index in [1.807, 2.05) is 6.08 Å². The molecular weight excluding hydrogens is 424 g/mol. The Labute approximate surface area is 216 Å². The summed E-state index contributed by atoms with van der Waals surface area (Å²) >= 11 is 0. The zero-order chi connectivity index (χ0) is 25.2. The smallest absolute Gasteiger partial charge is 0.162 e. The second kappa shape index (κ2) is 9.02. The van der Waals surface area contributed by atoms with Crippen LogP contribution in [0.1, 0.15) is 112 Å². The molecule has 10 unspecified atom stereocenters. The van der Waals surface area contributed by atoms with Gasteiger partial charge in [-0.15, -0.1) is 0 Å². The first-order valence-corrected chi connectivity index (χ1v) is 15.2. The normalized spacial score (nSPS) is 47.2. The maximum atomic E-state index is 13.5. The number of hydrogen-bond acceptors (Lipinski definition) is 1. The number of carbonyl (C=O) groups is 1. The fourth-order valence-electron chi connectivity index (χ4n) is 10.9. The lowest BCUT2D eigenvalue weighted by Crippen LogP contribution is -2.58. The second-order valence-corrected chi connectivity index (χ2v) is 14.1. The summed E-state index contributed by atoms with van der Waals surface area (Å²) in [5, 5.41) is 0. The molecule has 0 N–H and O–H groups in total. The highest BCUT2D eigenvalue weighted by Crippen LogP contribution is 2.80. The molecule has 35 heavy (non-hydrogen) atoms. The van der Waals surface area contributed by atoms with Crippen LogP contribution in [0.2, 0.25) is 0 Å². The van der Waals surface area contributed by atoms with Gasteiger partial charge in [-0.25, -0.2) is 0 Å². The fraction of sp³-hybridized carbons (Fsp3) is 0.794. The number of ketones is 1. The van der Waals surface area contributed by atoms with Crippen LogP contribution in [0, 0.1) is 57.7 Å². The predicted molar refractivity (Wildman–Crippen MR) is 148 cm³/mol. The lowest BCUT2D eigenvalue weighted by Gasteiger charge is -2.60. The maximum Gasteiger partial charge on any atom is 0.162 e. The number of carbonyl (C=O) groups excluding carboxylic acids is 1. The molecule has 4 fully saturated rings. The monoisotopic (exact) mass is 476 g/mol. The zero-order valence-electron chi connectivity index (χ0n) is 23.7. The van der Waals surface area contributed by atoms with E-state index in [1.165, 1.54) is 76.2 Å². The Morgan fingerprint density at radius 2 is 1.97 bits per heavy atom. The van der Waals surface area contributed by atoms with Gasteiger partial charge in [0.05, 0.1) is 0 Å². The summed E-state index contributed by atoms with van der Waals surface area (Å²) in [7, 11) is 0. The largest absolute Gasteiger partial charge is 0.294 e. The zero-order valence-corrected chi connectivity index (χ0v) is 23.7. The van der Waals surface area contributed by atoms with Gasteiger partial charge in [-0.05, 0) is 129 Å². The molecule has 0 aromatic carbocycles. The molecule has 10 atom stereocenters. The topological polar surface area (TPSA) is 17.1 Å². The quantitative estimate of drug-likeness (QED) is 0.319. The number of rotatable bonds is 8. The van der Waals surface area contributed by atoms with Gasteiger partial charge in [-0.2, -0.15) is 0 Å². The minimum absolute atomic E-state index is 0.0948. The first kappa shape index (κ1) is 25.5. The highest BCUT2D eigenvalue weighted by atomic mass is 16.1. The van der Waals surface area contributed by atoms with Gasteiger partial charge in [0.15, 0.2) is 5.78 Å². The van der Waals surface area contributed by atoms with Crippen LogP contribution < -0.4 is 0 Å². The Bertz CT molecular complexity index is 923. The molecule has 0 radical (unpaired) electrons. The summed E-state index contributed by atoms with van der Waals surface area (Å²) < 4.78 is 0. The molecule has 1 heteroatoms. The van der Waals surface area contributed by atoms with E-state index in [2.05, 4.69) is 60.3 Å². The molecule has 0 saturated heterocycles. The fourth-order valence-corrected chi connectivity index (χ4v) is 10.9. The average Bonchev–Trinajstić information content (AvgIpc) is 3.49. The minimum Gasteiger partial charge on any atom is -0.294 e. The van der Waals surface area contributed by atoms with Crippen molar-refractivity contribution in [2.24, 2.45) is 57.7 Å². The van der Waals surface area contributed by atoms with Crippen LogP contribution in [0.15, 0.2) is 36.0 Å². The van der Waals surface area contributed by atoms with Gasteiger partial charge in [-0.3, -0.25) is 4.79 Å². The van der Waals surface area contributed by atoms with E-state index in [4.69, 9.17) is 0 Å². The van der Waals surface area contributed by atoms with Gasteiger partial charge in [-0.1, -0.05) is 71.8 Å². The van der Waals surface area contributed by atoms with Crippen molar-refractivity contribution in [2.75, 3.05) is 0 Å². The summed E-state index contributed by atoms with van der Waals surface area (Å²) in [4.78, 5) is 13.5. The standard InChI is InChI=1S/C34H52O/c1-8-11-25(10-3)22(4)18-24(9-2)19-26-13-14-29-28-20-27-21-34(27)23(5)12-15-31(35)33(34,7)30(28)16-17-32(26,29)6/h10,12,15,23-24,26-30H,3,8-9,11,13-14,16-21H2,1-2,4-7H3/b25-22+. The number of allylic oxidation sites excluding steroid dienone is 5. The van der Waals surface area contributed by atoms with Gasteiger partial charge in [0.2, 0.25) is 0 Å². The third-order valence-corrected chi connectivity index (χ3v) is 13.0. The molecule has 0 amide bonds. The number of hydrogen-bond donors (Lipinski definition) is 0. The predicted octanol–water partition coefficient (Wildman–Crippen LogP) is 9.35. The van der Waals surface area contributed by atoms with Crippen molar-refractivity contribution in [3.05, 3.63) is 36.0 Å². The van der Waals surface area contributed by atoms with Crippen molar-refractivity contribution in [2.45, 2.75) is 112 Å². The minimum atomic E-state index is -0.0948. The highest BCUT2D eigenvalue weighted by Gasteiger charge is 2.76. The van der Waals surface area contributed by atoms with Gasteiger partial charge in [0, 0.05) is 5.41 Å². The highest BCUT2D eigenvalue weighted by molar-refractivity contribution is 5.97. The lowest BCUT2D eigenvalue weighted by molar-refractivity contribution is -0.153. The maximum absolute atomic E-state index is 13.5. The van der Waals surface area contributed by atoms with Crippen LogP contribution in [0.4, 0.5) is 0 Å². The van der Waals surface area contributed by atoms with Crippen molar-refractivity contribution in [1.29, 1.82) is 0 Å². The third-order valence-electron chi connectivity index (χ3n) is 13.0. The number of fused-ring (bicyclic) bond motifs is 4. The molecule has 4 saturated carbocycles. The van der Waals surface area contributed by atoms with Gasteiger partial charge >= 0.3 is 0 Å². The SMILES string of the molecule is C=C/C(CCC)=C(/C)CC(CC)CC1CCC2C3CC4CC45C(C)C=CC(=O)C5(C)C3CCC12C. The molecule has 0 aromatic heterocycles. The van der Waals surface area contributed by atoms with Crippen LogP contribution in [0.5, 0.6) is 0 Å². The van der Waals surface area contributed by atoms with Crippen molar-refractivity contribution >= 4 is 5.78 Å². The van der Waals surface area contributed by atoms with E-state index in [0.717, 1.165) is 29.6 Å². The Morgan fingerprint density at radius 3 is 2.66 bits per heavy atom. The van der Waals surface area contributed by atoms with Crippen LogP contribution in [0.25, 0.3) is 0 Å². The summed E-state index contributed by atoms with van der Waals surface area (Å²) in [6.07, 6.45) is 20.9. The van der Waals surface area contributed by atoms with Crippen LogP contribution in [-0.2, 0) is 4.79 Å². The molecule has 1 nitrogen and oxygen atoms in total. The van der Waals surface area contributed by atoms with E-state index >= 15 is 0 Å². The molecule has 194 valence electrons. The molecule has 5 aliphatic carbocycles. The molecule has 5 rings (SSSR count). The molecule has 1 spiro atoms. The Kier molecular flexibility index (Phi) is 6.58. The first-order valence-electron chi connectivity index (χ1n) is 15.2. The molecule has 5 aliphatic rings. The summed E-state index contributed by atoms with van der Waals surface area (Å²) in [6.45, 7) is 18.7. The molecule has 0 heterocycles. The van der Waals surface area contributed by atoms with E-state index < -0.39 is 0 Å². The van der Waals surface area contributed by atoms with Crippen LogP contribution in [0.3, 0.4) is 0 Å². The van der Waals surface area contributed by atoms with Gasteiger partial charge in [0.25, 0.3) is 0 Å². The first-order chi connectivity index (χ1) is 16.7. The lowest BCUT2D eigenvalue weighted by atomic mass is 9.43. The van der Waals surface area contributed by atoms with E-state index in [-0.39, 0.29) is 5.41 Å². The van der Waals surface area contributed by atoms with Gasteiger partial charge in [0.1, 0.15) is 0 Å².